The Morgan fingerprint density at radius 1 is 1.09 bits per heavy atom. The lowest BCUT2D eigenvalue weighted by Gasteiger charge is -2.28. The third kappa shape index (κ3) is 2.73. The van der Waals surface area contributed by atoms with Crippen LogP contribution in [0.5, 0.6) is 0 Å². The van der Waals surface area contributed by atoms with Gasteiger partial charge in [-0.1, -0.05) is 41.2 Å². The summed E-state index contributed by atoms with van der Waals surface area (Å²) >= 11 is 1.56. The molecular formula is C16H18N6S. The molecule has 0 bridgehead atoms. The standard InChI is InChI=1S/C16H18N6S/c1-10-2-4-11(5-3-10)14-19-12-13(22-8-6-18-7-9-22)20-16(17)21-15(12)23-14/h2-5,18H,6-9H2,1H3,(H2,17,20,21). The van der Waals surface area contributed by atoms with Crippen molar-refractivity contribution in [3.8, 4) is 10.6 Å². The molecule has 0 amide bonds. The minimum Gasteiger partial charge on any atom is -0.368 e. The summed E-state index contributed by atoms with van der Waals surface area (Å²) in [6, 6.07) is 8.37. The van der Waals surface area contributed by atoms with Gasteiger partial charge in [0.05, 0.1) is 0 Å². The number of thiazole rings is 1. The number of benzene rings is 1. The highest BCUT2D eigenvalue weighted by molar-refractivity contribution is 7.21. The van der Waals surface area contributed by atoms with E-state index in [1.54, 1.807) is 11.3 Å². The second-order valence-corrected chi connectivity index (χ2v) is 6.66. The quantitative estimate of drug-likeness (QED) is 0.750. The number of anilines is 2. The largest absolute Gasteiger partial charge is 0.368 e. The van der Waals surface area contributed by atoms with E-state index in [0.29, 0.717) is 5.95 Å². The number of hydrogen-bond donors (Lipinski definition) is 2. The van der Waals surface area contributed by atoms with Crippen molar-refractivity contribution in [2.75, 3.05) is 36.8 Å². The van der Waals surface area contributed by atoms with Gasteiger partial charge >= 0.3 is 0 Å². The number of piperazine rings is 1. The molecule has 1 aliphatic heterocycles. The Labute approximate surface area is 138 Å². The van der Waals surface area contributed by atoms with Crippen LogP contribution in [0.25, 0.3) is 20.9 Å². The summed E-state index contributed by atoms with van der Waals surface area (Å²) < 4.78 is 0. The Bertz CT molecular complexity index is 836. The molecule has 1 fully saturated rings. The topological polar surface area (TPSA) is 80.0 Å². The molecule has 23 heavy (non-hydrogen) atoms. The van der Waals surface area contributed by atoms with Crippen molar-refractivity contribution in [1.82, 2.24) is 20.3 Å². The van der Waals surface area contributed by atoms with Crippen LogP contribution < -0.4 is 16.0 Å². The van der Waals surface area contributed by atoms with Crippen LogP contribution in [0.2, 0.25) is 0 Å². The zero-order chi connectivity index (χ0) is 15.8. The summed E-state index contributed by atoms with van der Waals surface area (Å²) in [7, 11) is 0. The summed E-state index contributed by atoms with van der Waals surface area (Å²) in [6.45, 7) is 5.78. The maximum absolute atomic E-state index is 5.91. The number of nitrogen functional groups attached to an aromatic ring is 1. The molecule has 3 aromatic rings. The molecule has 0 saturated carbocycles. The summed E-state index contributed by atoms with van der Waals surface area (Å²) in [6.07, 6.45) is 0. The third-order valence-electron chi connectivity index (χ3n) is 3.97. The predicted molar refractivity (Wildman–Crippen MR) is 94.9 cm³/mol. The predicted octanol–water partition coefficient (Wildman–Crippen LogP) is 2.05. The van der Waals surface area contributed by atoms with E-state index in [4.69, 9.17) is 10.7 Å². The number of nitrogens with zero attached hydrogens (tertiary/aromatic N) is 4. The van der Waals surface area contributed by atoms with Crippen molar-refractivity contribution in [2.45, 2.75) is 6.92 Å². The molecule has 2 aromatic heterocycles. The van der Waals surface area contributed by atoms with Gasteiger partial charge in [-0.2, -0.15) is 4.98 Å². The van der Waals surface area contributed by atoms with Crippen LogP contribution in [-0.4, -0.2) is 41.1 Å². The number of nitrogens with one attached hydrogen (secondary N) is 1. The van der Waals surface area contributed by atoms with Gasteiger partial charge in [0, 0.05) is 31.7 Å². The van der Waals surface area contributed by atoms with Crippen LogP contribution >= 0.6 is 11.3 Å². The number of nitrogens with two attached hydrogens (primary N) is 1. The average Bonchev–Trinajstić information content (AvgIpc) is 2.99. The van der Waals surface area contributed by atoms with E-state index in [-0.39, 0.29) is 0 Å². The van der Waals surface area contributed by atoms with Crippen LogP contribution in [0.4, 0.5) is 11.8 Å². The fourth-order valence-electron chi connectivity index (χ4n) is 2.74. The van der Waals surface area contributed by atoms with Gasteiger partial charge in [-0.3, -0.25) is 0 Å². The van der Waals surface area contributed by atoms with Crippen LogP contribution in [-0.2, 0) is 0 Å². The number of rotatable bonds is 2. The van der Waals surface area contributed by atoms with Crippen molar-refractivity contribution < 1.29 is 0 Å². The molecule has 6 nitrogen and oxygen atoms in total. The van der Waals surface area contributed by atoms with E-state index in [1.807, 2.05) is 0 Å². The van der Waals surface area contributed by atoms with Gasteiger partial charge in [-0.15, -0.1) is 0 Å². The summed E-state index contributed by atoms with van der Waals surface area (Å²) in [5.74, 6) is 1.16. The maximum atomic E-state index is 5.91. The van der Waals surface area contributed by atoms with Crippen molar-refractivity contribution in [2.24, 2.45) is 0 Å². The van der Waals surface area contributed by atoms with Gasteiger partial charge < -0.3 is 16.0 Å². The van der Waals surface area contributed by atoms with Gasteiger partial charge in [0.2, 0.25) is 5.95 Å². The first-order chi connectivity index (χ1) is 11.2. The van der Waals surface area contributed by atoms with E-state index in [1.165, 1.54) is 5.56 Å². The highest BCUT2D eigenvalue weighted by Crippen LogP contribution is 2.33. The molecule has 1 saturated heterocycles. The van der Waals surface area contributed by atoms with E-state index >= 15 is 0 Å². The highest BCUT2D eigenvalue weighted by Gasteiger charge is 2.19. The van der Waals surface area contributed by atoms with Crippen molar-refractivity contribution in [3.05, 3.63) is 29.8 Å². The van der Waals surface area contributed by atoms with Crippen LogP contribution in [0, 0.1) is 6.92 Å². The first kappa shape index (κ1) is 14.3. The fraction of sp³-hybridized carbons (Fsp3) is 0.312. The van der Waals surface area contributed by atoms with Crippen LogP contribution in [0.1, 0.15) is 5.56 Å². The Kier molecular flexibility index (Phi) is 3.59. The lowest BCUT2D eigenvalue weighted by Crippen LogP contribution is -2.44. The first-order valence-electron chi connectivity index (χ1n) is 7.67. The Morgan fingerprint density at radius 2 is 1.83 bits per heavy atom. The molecule has 3 N–H and O–H groups in total. The smallest absolute Gasteiger partial charge is 0.223 e. The van der Waals surface area contributed by atoms with Gasteiger partial charge in [0.15, 0.2) is 10.6 Å². The second-order valence-electron chi connectivity index (χ2n) is 5.68. The van der Waals surface area contributed by atoms with Crippen molar-refractivity contribution in [1.29, 1.82) is 0 Å². The van der Waals surface area contributed by atoms with E-state index in [0.717, 1.165) is 52.9 Å². The lowest BCUT2D eigenvalue weighted by atomic mass is 10.2. The van der Waals surface area contributed by atoms with Crippen molar-refractivity contribution >= 4 is 33.5 Å². The van der Waals surface area contributed by atoms with Crippen molar-refractivity contribution in [3.63, 3.8) is 0 Å². The molecule has 4 rings (SSSR count). The average molecular weight is 326 g/mol. The molecule has 1 aliphatic rings. The van der Waals surface area contributed by atoms with Gasteiger partial charge in [0.1, 0.15) is 10.5 Å². The van der Waals surface area contributed by atoms with E-state index in [9.17, 15) is 0 Å². The number of hydrogen-bond acceptors (Lipinski definition) is 7. The van der Waals surface area contributed by atoms with E-state index in [2.05, 4.69) is 51.4 Å². The molecule has 1 aromatic carbocycles. The number of aryl methyl sites for hydroxylation is 1. The van der Waals surface area contributed by atoms with Crippen LogP contribution in [0.15, 0.2) is 24.3 Å². The van der Waals surface area contributed by atoms with E-state index < -0.39 is 0 Å². The van der Waals surface area contributed by atoms with Crippen LogP contribution in [0.3, 0.4) is 0 Å². The monoisotopic (exact) mass is 326 g/mol. The normalized spacial score (nSPS) is 15.3. The SMILES string of the molecule is Cc1ccc(-c2nc3c(N4CCNCC4)nc(N)nc3s2)cc1. The van der Waals surface area contributed by atoms with Gasteiger partial charge in [0.25, 0.3) is 0 Å². The molecule has 0 atom stereocenters. The fourth-order valence-corrected chi connectivity index (χ4v) is 3.69. The second kappa shape index (κ2) is 5.75. The Morgan fingerprint density at radius 3 is 2.57 bits per heavy atom. The zero-order valence-corrected chi connectivity index (χ0v) is 13.7. The molecule has 0 spiro atoms. The molecular weight excluding hydrogens is 308 g/mol. The number of aromatic nitrogens is 3. The Balaban J connectivity index is 1.82. The van der Waals surface area contributed by atoms with Gasteiger partial charge in [-0.25, -0.2) is 9.97 Å². The lowest BCUT2D eigenvalue weighted by molar-refractivity contribution is 0.586. The zero-order valence-electron chi connectivity index (χ0n) is 12.9. The maximum Gasteiger partial charge on any atom is 0.223 e. The Hall–Kier alpha value is -2.25. The molecule has 0 unspecified atom stereocenters. The minimum atomic E-state index is 0.310. The minimum absolute atomic E-state index is 0.310. The molecule has 0 aliphatic carbocycles. The summed E-state index contributed by atoms with van der Waals surface area (Å²) in [5, 5.41) is 4.30. The first-order valence-corrected chi connectivity index (χ1v) is 8.49. The summed E-state index contributed by atoms with van der Waals surface area (Å²) in [4.78, 5) is 16.7. The molecule has 3 heterocycles. The summed E-state index contributed by atoms with van der Waals surface area (Å²) in [5.41, 5.74) is 9.10. The molecule has 7 heteroatoms. The molecule has 118 valence electrons. The third-order valence-corrected chi connectivity index (χ3v) is 4.97. The number of fused-ring (bicyclic) bond motifs is 1. The van der Waals surface area contributed by atoms with Gasteiger partial charge in [-0.05, 0) is 6.92 Å². The molecule has 0 radical (unpaired) electrons. The highest BCUT2D eigenvalue weighted by atomic mass is 32.1.